The SMILES string of the molecule is OCC1CC1c1ccc(F)c(Br)c1. The van der Waals surface area contributed by atoms with Crippen molar-refractivity contribution >= 4 is 15.9 Å². The van der Waals surface area contributed by atoms with E-state index in [4.69, 9.17) is 5.11 Å². The van der Waals surface area contributed by atoms with Crippen molar-refractivity contribution < 1.29 is 9.50 Å². The number of rotatable bonds is 2. The number of hydrogen-bond donors (Lipinski definition) is 1. The third-order valence-electron chi connectivity index (χ3n) is 2.53. The van der Waals surface area contributed by atoms with E-state index >= 15 is 0 Å². The van der Waals surface area contributed by atoms with Crippen molar-refractivity contribution in [3.8, 4) is 0 Å². The van der Waals surface area contributed by atoms with Gasteiger partial charge in [0.2, 0.25) is 0 Å². The summed E-state index contributed by atoms with van der Waals surface area (Å²) in [6.07, 6.45) is 1.02. The van der Waals surface area contributed by atoms with Crippen LogP contribution < -0.4 is 0 Å². The van der Waals surface area contributed by atoms with Gasteiger partial charge < -0.3 is 5.11 Å². The number of aliphatic hydroxyl groups is 1. The molecule has 1 fully saturated rings. The molecule has 2 unspecified atom stereocenters. The van der Waals surface area contributed by atoms with E-state index in [9.17, 15) is 4.39 Å². The van der Waals surface area contributed by atoms with E-state index in [-0.39, 0.29) is 12.4 Å². The van der Waals surface area contributed by atoms with Gasteiger partial charge in [-0.3, -0.25) is 0 Å². The predicted molar refractivity (Wildman–Crippen MR) is 52.0 cm³/mol. The Labute approximate surface area is 84.7 Å². The van der Waals surface area contributed by atoms with Crippen LogP contribution in [-0.2, 0) is 0 Å². The van der Waals surface area contributed by atoms with Crippen LogP contribution in [0.4, 0.5) is 4.39 Å². The number of hydrogen-bond acceptors (Lipinski definition) is 1. The van der Waals surface area contributed by atoms with Gasteiger partial charge in [-0.1, -0.05) is 6.07 Å². The molecule has 1 aliphatic rings. The maximum atomic E-state index is 12.9. The number of aliphatic hydroxyl groups excluding tert-OH is 1. The van der Waals surface area contributed by atoms with Crippen LogP contribution in [0.1, 0.15) is 17.9 Å². The minimum absolute atomic E-state index is 0.232. The van der Waals surface area contributed by atoms with Gasteiger partial charge in [-0.05, 0) is 51.9 Å². The van der Waals surface area contributed by atoms with Gasteiger partial charge in [-0.2, -0.15) is 0 Å². The van der Waals surface area contributed by atoms with Gasteiger partial charge in [0.1, 0.15) is 5.82 Å². The standard InChI is InChI=1S/C10H10BrFO/c11-9-4-6(1-2-10(9)12)8-3-7(8)5-13/h1-2,4,7-8,13H,3,5H2. The summed E-state index contributed by atoms with van der Waals surface area (Å²) in [4.78, 5) is 0. The summed E-state index contributed by atoms with van der Waals surface area (Å²) in [6.45, 7) is 0.236. The molecule has 1 aliphatic carbocycles. The molecule has 1 nitrogen and oxygen atoms in total. The highest BCUT2D eigenvalue weighted by molar-refractivity contribution is 9.10. The first kappa shape index (κ1) is 9.16. The highest BCUT2D eigenvalue weighted by Crippen LogP contribution is 2.47. The lowest BCUT2D eigenvalue weighted by atomic mass is 10.1. The molecule has 0 aromatic heterocycles. The molecule has 1 aromatic carbocycles. The molecule has 0 aliphatic heterocycles. The Bertz CT molecular complexity index is 327. The zero-order valence-corrected chi connectivity index (χ0v) is 8.59. The minimum Gasteiger partial charge on any atom is -0.396 e. The second-order valence-corrected chi connectivity index (χ2v) is 4.31. The molecule has 1 aromatic rings. The summed E-state index contributed by atoms with van der Waals surface area (Å²) in [7, 11) is 0. The Morgan fingerprint density at radius 2 is 2.31 bits per heavy atom. The normalized spacial score (nSPS) is 26.1. The van der Waals surface area contributed by atoms with Crippen LogP contribution in [0.5, 0.6) is 0 Å². The molecule has 0 heterocycles. The van der Waals surface area contributed by atoms with Crippen LogP contribution in [0.2, 0.25) is 0 Å². The Kier molecular flexibility index (Phi) is 2.39. The summed E-state index contributed by atoms with van der Waals surface area (Å²) in [5.74, 6) is 0.587. The Balaban J connectivity index is 2.19. The molecule has 0 radical (unpaired) electrons. The lowest BCUT2D eigenvalue weighted by Crippen LogP contribution is -1.89. The first-order chi connectivity index (χ1) is 6.22. The van der Waals surface area contributed by atoms with E-state index in [2.05, 4.69) is 15.9 Å². The van der Waals surface area contributed by atoms with E-state index in [0.29, 0.717) is 16.3 Å². The van der Waals surface area contributed by atoms with Crippen LogP contribution in [0, 0.1) is 11.7 Å². The monoisotopic (exact) mass is 244 g/mol. The largest absolute Gasteiger partial charge is 0.396 e. The van der Waals surface area contributed by atoms with E-state index < -0.39 is 0 Å². The van der Waals surface area contributed by atoms with Crippen LogP contribution in [0.25, 0.3) is 0 Å². The average Bonchev–Trinajstić information content (AvgIpc) is 2.88. The van der Waals surface area contributed by atoms with Gasteiger partial charge in [0, 0.05) is 6.61 Å². The fourth-order valence-electron chi connectivity index (χ4n) is 1.60. The van der Waals surface area contributed by atoms with Crippen molar-refractivity contribution in [2.45, 2.75) is 12.3 Å². The Morgan fingerprint density at radius 3 is 2.85 bits per heavy atom. The van der Waals surface area contributed by atoms with Crippen molar-refractivity contribution in [2.75, 3.05) is 6.61 Å². The third kappa shape index (κ3) is 1.76. The van der Waals surface area contributed by atoms with E-state index in [1.54, 1.807) is 12.1 Å². The molecule has 70 valence electrons. The Hall–Kier alpha value is -0.410. The van der Waals surface area contributed by atoms with Crippen LogP contribution in [0.3, 0.4) is 0 Å². The topological polar surface area (TPSA) is 20.2 Å². The maximum Gasteiger partial charge on any atom is 0.137 e. The van der Waals surface area contributed by atoms with Crippen LogP contribution in [-0.4, -0.2) is 11.7 Å². The van der Waals surface area contributed by atoms with E-state index in [0.717, 1.165) is 12.0 Å². The summed E-state index contributed by atoms with van der Waals surface area (Å²) in [6, 6.07) is 5.06. The molecule has 2 atom stereocenters. The smallest absolute Gasteiger partial charge is 0.137 e. The van der Waals surface area contributed by atoms with Crippen molar-refractivity contribution in [3.63, 3.8) is 0 Å². The van der Waals surface area contributed by atoms with E-state index in [1.165, 1.54) is 6.07 Å². The van der Waals surface area contributed by atoms with Crippen LogP contribution in [0.15, 0.2) is 22.7 Å². The molecule has 0 bridgehead atoms. The molecule has 0 saturated heterocycles. The molecule has 0 amide bonds. The van der Waals surface area contributed by atoms with Gasteiger partial charge in [-0.15, -0.1) is 0 Å². The highest BCUT2D eigenvalue weighted by atomic mass is 79.9. The Morgan fingerprint density at radius 1 is 1.54 bits per heavy atom. The van der Waals surface area contributed by atoms with Gasteiger partial charge in [0.25, 0.3) is 0 Å². The van der Waals surface area contributed by atoms with Crippen molar-refractivity contribution in [1.82, 2.24) is 0 Å². The summed E-state index contributed by atoms with van der Waals surface area (Å²) in [5, 5.41) is 8.88. The molecule has 3 heteroatoms. The molecule has 0 spiro atoms. The van der Waals surface area contributed by atoms with Crippen LogP contribution >= 0.6 is 15.9 Å². The van der Waals surface area contributed by atoms with Crippen molar-refractivity contribution in [1.29, 1.82) is 0 Å². The van der Waals surface area contributed by atoms with Gasteiger partial charge in [0.05, 0.1) is 4.47 Å². The first-order valence-electron chi connectivity index (χ1n) is 4.28. The van der Waals surface area contributed by atoms with Gasteiger partial charge in [-0.25, -0.2) is 4.39 Å². The zero-order chi connectivity index (χ0) is 9.42. The second kappa shape index (κ2) is 3.39. The minimum atomic E-state index is -0.232. The quantitative estimate of drug-likeness (QED) is 0.849. The molecular formula is C10H10BrFO. The summed E-state index contributed by atoms with van der Waals surface area (Å²) < 4.78 is 13.4. The summed E-state index contributed by atoms with van der Waals surface area (Å²) >= 11 is 3.15. The lowest BCUT2D eigenvalue weighted by Gasteiger charge is -2.00. The number of benzene rings is 1. The zero-order valence-electron chi connectivity index (χ0n) is 7.00. The summed E-state index contributed by atoms with van der Waals surface area (Å²) in [5.41, 5.74) is 1.12. The third-order valence-corrected chi connectivity index (χ3v) is 3.14. The maximum absolute atomic E-state index is 12.9. The lowest BCUT2D eigenvalue weighted by molar-refractivity contribution is 0.274. The molecule has 13 heavy (non-hydrogen) atoms. The molecule has 1 N–H and O–H groups in total. The van der Waals surface area contributed by atoms with Crippen molar-refractivity contribution in [2.24, 2.45) is 5.92 Å². The van der Waals surface area contributed by atoms with Gasteiger partial charge >= 0.3 is 0 Å². The van der Waals surface area contributed by atoms with E-state index in [1.807, 2.05) is 0 Å². The van der Waals surface area contributed by atoms with Gasteiger partial charge in [0.15, 0.2) is 0 Å². The fraction of sp³-hybridized carbons (Fsp3) is 0.400. The first-order valence-corrected chi connectivity index (χ1v) is 5.07. The highest BCUT2D eigenvalue weighted by Gasteiger charge is 2.37. The molecule has 2 rings (SSSR count). The predicted octanol–water partition coefficient (Wildman–Crippen LogP) is 2.68. The van der Waals surface area contributed by atoms with Crippen molar-refractivity contribution in [3.05, 3.63) is 34.1 Å². The molecule has 1 saturated carbocycles. The second-order valence-electron chi connectivity index (χ2n) is 3.46. The fourth-order valence-corrected chi connectivity index (χ4v) is 2.00. The molecular weight excluding hydrogens is 235 g/mol. The number of halogens is 2. The average molecular weight is 245 g/mol.